The third kappa shape index (κ3) is 4.17. The van der Waals surface area contributed by atoms with E-state index in [-0.39, 0.29) is 23.6 Å². The van der Waals surface area contributed by atoms with Crippen molar-refractivity contribution >= 4 is 40.7 Å². The second-order valence-corrected chi connectivity index (χ2v) is 8.99. The summed E-state index contributed by atoms with van der Waals surface area (Å²) in [6, 6.07) is 12.1. The molecule has 0 radical (unpaired) electrons. The lowest BCUT2D eigenvalue weighted by molar-refractivity contribution is -0.125. The van der Waals surface area contributed by atoms with E-state index in [1.165, 1.54) is 4.90 Å². The summed E-state index contributed by atoms with van der Waals surface area (Å²) in [5.41, 5.74) is 1.94. The Morgan fingerprint density at radius 3 is 2.68 bits per heavy atom. The molecule has 0 aliphatic carbocycles. The highest BCUT2D eigenvalue weighted by Crippen LogP contribution is 2.36. The van der Waals surface area contributed by atoms with Crippen molar-refractivity contribution in [3.63, 3.8) is 0 Å². The molecule has 0 unspecified atom stereocenters. The molecule has 3 amide bonds. The molecule has 0 saturated carbocycles. The Kier molecular flexibility index (Phi) is 6.01. The van der Waals surface area contributed by atoms with Gasteiger partial charge in [-0.1, -0.05) is 37.6 Å². The molecule has 6 nitrogen and oxygen atoms in total. The molecule has 7 heteroatoms. The van der Waals surface area contributed by atoms with Crippen molar-refractivity contribution in [3.05, 3.63) is 58.6 Å². The predicted molar refractivity (Wildman–Crippen MR) is 122 cm³/mol. The molecule has 0 spiro atoms. The van der Waals surface area contributed by atoms with Crippen LogP contribution in [0.15, 0.2) is 42.5 Å². The third-order valence-corrected chi connectivity index (χ3v) is 6.01. The summed E-state index contributed by atoms with van der Waals surface area (Å²) in [6.45, 7) is 6.05. The molecule has 1 atom stereocenters. The average Bonchev–Trinajstić information content (AvgIpc) is 3.02. The molecule has 0 aromatic heterocycles. The standard InChI is InChI=1S/C24H26ClN3O3/c1-15(2)13-26-22(29)16-6-5-11-27(14-16)20-10-4-9-19-21(20)24(31)28(23(19)30)18-8-3-7-17(25)12-18/h3-4,7-10,12,15-16H,5-6,11,13-14H2,1-2H3,(H,26,29)/t16-/m1/s1. The van der Waals surface area contributed by atoms with Crippen LogP contribution in [0.25, 0.3) is 0 Å². The summed E-state index contributed by atoms with van der Waals surface area (Å²) >= 11 is 6.08. The van der Waals surface area contributed by atoms with Gasteiger partial charge in [-0.25, -0.2) is 4.90 Å². The van der Waals surface area contributed by atoms with Crippen molar-refractivity contribution in [2.75, 3.05) is 29.4 Å². The summed E-state index contributed by atoms with van der Waals surface area (Å²) in [6.07, 6.45) is 1.67. The van der Waals surface area contributed by atoms with Gasteiger partial charge in [0.25, 0.3) is 11.8 Å². The first-order chi connectivity index (χ1) is 14.9. The number of halogens is 1. The van der Waals surface area contributed by atoms with Crippen LogP contribution in [0.1, 0.15) is 47.4 Å². The number of benzene rings is 2. The maximum absolute atomic E-state index is 13.3. The van der Waals surface area contributed by atoms with Gasteiger partial charge in [0.1, 0.15) is 0 Å². The maximum Gasteiger partial charge on any atom is 0.268 e. The number of anilines is 2. The van der Waals surface area contributed by atoms with E-state index in [0.717, 1.165) is 19.4 Å². The second-order valence-electron chi connectivity index (χ2n) is 8.55. The fourth-order valence-corrected chi connectivity index (χ4v) is 4.42. The molecular weight excluding hydrogens is 414 g/mol. The smallest absolute Gasteiger partial charge is 0.268 e. The Balaban J connectivity index is 1.61. The quantitative estimate of drug-likeness (QED) is 0.711. The average molecular weight is 440 g/mol. The minimum atomic E-state index is -0.357. The fraction of sp³-hybridized carbons (Fsp3) is 0.375. The van der Waals surface area contributed by atoms with Crippen molar-refractivity contribution in [1.82, 2.24) is 5.32 Å². The van der Waals surface area contributed by atoms with E-state index in [4.69, 9.17) is 11.6 Å². The van der Waals surface area contributed by atoms with Gasteiger partial charge in [-0.05, 0) is 49.1 Å². The molecule has 2 aliphatic rings. The highest BCUT2D eigenvalue weighted by Gasteiger charge is 2.40. The number of carbonyl (C=O) groups excluding carboxylic acids is 3. The van der Waals surface area contributed by atoms with Crippen molar-refractivity contribution in [2.45, 2.75) is 26.7 Å². The largest absolute Gasteiger partial charge is 0.370 e. The van der Waals surface area contributed by atoms with Gasteiger partial charge in [0.15, 0.2) is 0 Å². The van der Waals surface area contributed by atoms with E-state index in [2.05, 4.69) is 24.1 Å². The predicted octanol–water partition coefficient (Wildman–Crippen LogP) is 4.13. The number of nitrogens with one attached hydrogen (secondary N) is 1. The number of carbonyl (C=O) groups is 3. The molecule has 162 valence electrons. The topological polar surface area (TPSA) is 69.7 Å². The molecule has 2 heterocycles. The van der Waals surface area contributed by atoms with Crippen LogP contribution in [-0.4, -0.2) is 37.4 Å². The van der Waals surface area contributed by atoms with E-state index in [1.807, 2.05) is 6.07 Å². The molecule has 4 rings (SSSR count). The summed E-state index contributed by atoms with van der Waals surface area (Å²) in [7, 11) is 0. The van der Waals surface area contributed by atoms with Crippen molar-refractivity contribution in [2.24, 2.45) is 11.8 Å². The van der Waals surface area contributed by atoms with Gasteiger partial charge in [0, 0.05) is 24.7 Å². The monoisotopic (exact) mass is 439 g/mol. The van der Waals surface area contributed by atoms with E-state index >= 15 is 0 Å². The molecule has 1 saturated heterocycles. The maximum atomic E-state index is 13.3. The van der Waals surface area contributed by atoms with Gasteiger partial charge in [-0.15, -0.1) is 0 Å². The van der Waals surface area contributed by atoms with E-state index in [9.17, 15) is 14.4 Å². The summed E-state index contributed by atoms with van der Waals surface area (Å²) in [4.78, 5) is 42.2. The minimum Gasteiger partial charge on any atom is -0.370 e. The van der Waals surface area contributed by atoms with E-state index < -0.39 is 0 Å². The number of amides is 3. The number of nitrogens with zero attached hydrogens (tertiary/aromatic N) is 2. The van der Waals surface area contributed by atoms with Gasteiger partial charge in [-0.3, -0.25) is 14.4 Å². The molecule has 2 aromatic carbocycles. The zero-order valence-corrected chi connectivity index (χ0v) is 18.5. The van der Waals surface area contributed by atoms with Crippen molar-refractivity contribution in [1.29, 1.82) is 0 Å². The summed E-state index contributed by atoms with van der Waals surface area (Å²) in [5, 5.41) is 3.48. The minimum absolute atomic E-state index is 0.0499. The highest BCUT2D eigenvalue weighted by molar-refractivity contribution is 6.37. The Morgan fingerprint density at radius 2 is 1.94 bits per heavy atom. The Morgan fingerprint density at radius 1 is 1.16 bits per heavy atom. The van der Waals surface area contributed by atoms with Crippen LogP contribution in [0.4, 0.5) is 11.4 Å². The van der Waals surface area contributed by atoms with Gasteiger partial charge in [-0.2, -0.15) is 0 Å². The van der Waals surface area contributed by atoms with Crippen molar-refractivity contribution in [3.8, 4) is 0 Å². The SMILES string of the molecule is CC(C)CNC(=O)[C@@H]1CCCN(c2cccc3c2C(=O)N(c2cccc(Cl)c2)C3=O)C1. The van der Waals surface area contributed by atoms with Gasteiger partial charge in [0.2, 0.25) is 5.91 Å². The van der Waals surface area contributed by atoms with Crippen molar-refractivity contribution < 1.29 is 14.4 Å². The van der Waals surface area contributed by atoms with Gasteiger partial charge < -0.3 is 10.2 Å². The zero-order chi connectivity index (χ0) is 22.1. The first kappa shape index (κ1) is 21.4. The molecule has 31 heavy (non-hydrogen) atoms. The van der Waals surface area contributed by atoms with Crippen LogP contribution in [0, 0.1) is 11.8 Å². The highest BCUT2D eigenvalue weighted by atomic mass is 35.5. The second kappa shape index (κ2) is 8.71. The Hall–Kier alpha value is -2.86. The number of imide groups is 1. The Bertz CT molecular complexity index is 1040. The molecular formula is C24H26ClN3O3. The lowest BCUT2D eigenvalue weighted by Gasteiger charge is -2.34. The first-order valence-corrected chi connectivity index (χ1v) is 11.0. The number of fused-ring (bicyclic) bond motifs is 1. The van der Waals surface area contributed by atoms with Crippen LogP contribution in [0.3, 0.4) is 0 Å². The summed E-state index contributed by atoms with van der Waals surface area (Å²) in [5.74, 6) is -0.410. The first-order valence-electron chi connectivity index (χ1n) is 10.7. The lowest BCUT2D eigenvalue weighted by atomic mass is 9.95. The normalized spacial score (nSPS) is 18.5. The summed E-state index contributed by atoms with van der Waals surface area (Å²) < 4.78 is 0. The molecule has 2 aliphatic heterocycles. The van der Waals surface area contributed by atoms with Crippen LogP contribution in [0.2, 0.25) is 5.02 Å². The number of piperidine rings is 1. The molecule has 2 aromatic rings. The fourth-order valence-electron chi connectivity index (χ4n) is 4.24. The Labute approximate surface area is 187 Å². The van der Waals surface area contributed by atoms with Gasteiger partial charge >= 0.3 is 0 Å². The van der Waals surface area contributed by atoms with Crippen LogP contribution in [0.5, 0.6) is 0 Å². The van der Waals surface area contributed by atoms with Crippen LogP contribution < -0.4 is 15.1 Å². The van der Waals surface area contributed by atoms with Gasteiger partial charge in [0.05, 0.1) is 28.4 Å². The zero-order valence-electron chi connectivity index (χ0n) is 17.7. The van der Waals surface area contributed by atoms with E-state index in [0.29, 0.717) is 46.5 Å². The number of rotatable bonds is 5. The van der Waals surface area contributed by atoms with Crippen LogP contribution >= 0.6 is 11.6 Å². The lowest BCUT2D eigenvalue weighted by Crippen LogP contribution is -2.44. The number of hydrogen-bond acceptors (Lipinski definition) is 4. The molecule has 1 fully saturated rings. The number of hydrogen-bond donors (Lipinski definition) is 1. The molecule has 0 bridgehead atoms. The van der Waals surface area contributed by atoms with Crippen LogP contribution in [-0.2, 0) is 4.79 Å². The molecule has 1 N–H and O–H groups in total. The third-order valence-electron chi connectivity index (χ3n) is 5.78. The van der Waals surface area contributed by atoms with E-state index in [1.54, 1.807) is 36.4 Å².